The fraction of sp³-hybridized carbons (Fsp3) is 0.598. The van der Waals surface area contributed by atoms with Crippen LogP contribution in [0.15, 0.2) is 65.7 Å². The zero-order chi connectivity index (χ0) is 107. The van der Waals surface area contributed by atoms with Gasteiger partial charge in [0.05, 0.1) is 205 Å². The summed E-state index contributed by atoms with van der Waals surface area (Å²) in [6, 6.07) is 6.53. The Kier molecular flexibility index (Phi) is 51.1. The summed E-state index contributed by atoms with van der Waals surface area (Å²) in [5, 5.41) is 51.0. The summed E-state index contributed by atoms with van der Waals surface area (Å²) in [6.07, 6.45) is -8.96. The first-order chi connectivity index (χ1) is 69.8. The highest BCUT2D eigenvalue weighted by molar-refractivity contribution is 9.09. The van der Waals surface area contributed by atoms with E-state index in [1.54, 1.807) is 63.4 Å². The standard InChI is InChI=1S/C97H135Br2N15O31S/c1-8-56(2)88-93(131)103-50-86(126)107-75-55-146(135)94-68(40-63(91(129)102-51-87(127)110-88)42-81(121)89(58(4)82(122)53-115)111-92(130)76-45-65(116)52-114(76)95(132)64(43-80(75)120)44-83(100)123)67-17-16-66(46-70(67)109-94)145-96(133)112(6)20-21-113(22-25-139-30-33-141-31-28-137-23-9-10-77(117)62-15-18-69-71(41-62)106-74(49-99)73(48-98)105-69)97(134)144-54-61-13-11-60(12-14-61)39-79(119)72(47-84(101)124)108-90(128)57(3)38-78(118)59(5)104-85(125)19-24-138-29-32-142-36-37-143-35-34-140-27-26-136-7/h11-18,41,46,56-59,63-65,72,75-76,82,88-89,109,115-116,122H,8-10,19-40,42-45,47-55H2,1-7H3,(H2,100,123)(H2,101,124)(H,102,129)(H,103,131)(H,104,125)(H,107,126)(H,108,128)(H,110,127)(H,111,130)/t56-,57+,58-,59-,63-,64-,65+,72-,75-,76-,82-,88-,89-,146?/m0/s1. The molecular weight excluding hydrogens is 2060 g/mol. The number of ether oxygens (including phenoxy) is 10. The third kappa shape index (κ3) is 38.8. The first kappa shape index (κ1) is 120. The van der Waals surface area contributed by atoms with Gasteiger partial charge in [0.25, 0.3) is 0 Å². The number of carbonyl (C=O) groups excluding carboxylic acids is 17. The van der Waals surface area contributed by atoms with Crippen LogP contribution in [0.5, 0.6) is 5.75 Å². The highest BCUT2D eigenvalue weighted by atomic mass is 79.9. The number of methoxy groups -OCH3 is 1. The number of aliphatic hydroxyl groups excluding tert-OH is 3. The molecule has 3 aliphatic heterocycles. The molecule has 1 unspecified atom stereocenters. The fourth-order valence-electron chi connectivity index (χ4n) is 16.0. The minimum atomic E-state index is -2.55. The predicted molar refractivity (Wildman–Crippen MR) is 531 cm³/mol. The Morgan fingerprint density at radius 3 is 1.87 bits per heavy atom. The molecule has 46 nitrogen and oxygen atoms in total. The van der Waals surface area contributed by atoms with Crippen LogP contribution in [-0.4, -0.2) is 363 Å². The van der Waals surface area contributed by atoms with Gasteiger partial charge in [-0.15, -0.1) is 0 Å². The molecule has 2 bridgehead atoms. The van der Waals surface area contributed by atoms with Crippen LogP contribution in [-0.2, 0) is 151 Å². The monoisotopic (exact) mass is 2200 g/mol. The summed E-state index contributed by atoms with van der Waals surface area (Å²) < 4.78 is 71.2. The maximum Gasteiger partial charge on any atom is 0.415 e. The summed E-state index contributed by atoms with van der Waals surface area (Å²) >= 11 is 6.89. The van der Waals surface area contributed by atoms with Gasteiger partial charge in [-0.25, -0.2) is 19.6 Å². The number of aliphatic hydroxyl groups is 3. The molecular formula is C97H135Br2N15O31S. The molecule has 8 rings (SSSR count). The molecule has 1 saturated heterocycles. The van der Waals surface area contributed by atoms with Crippen molar-refractivity contribution in [3.63, 3.8) is 0 Å². The second-order valence-electron chi connectivity index (χ2n) is 35.8. The van der Waals surface area contributed by atoms with Crippen LogP contribution in [0.2, 0.25) is 0 Å². The second-order valence-corrected chi connectivity index (χ2v) is 38.3. The Hall–Kier alpha value is -11.2. The number of Topliss-reactive ketones (excluding diaryl/α,β-unsaturated/α-hetero) is 5. The van der Waals surface area contributed by atoms with Crippen LogP contribution < -0.4 is 53.4 Å². The van der Waals surface area contributed by atoms with Gasteiger partial charge in [0.2, 0.25) is 59.1 Å². The number of primary amides is 2. The number of aromatic nitrogens is 3. The molecule has 14 atom stereocenters. The molecule has 15 N–H and O–H groups in total. The maximum absolute atomic E-state index is 15.5. The number of alkyl halides is 2. The van der Waals surface area contributed by atoms with Gasteiger partial charge >= 0.3 is 12.2 Å². The van der Waals surface area contributed by atoms with Crippen molar-refractivity contribution < 1.29 is 148 Å². The van der Waals surface area contributed by atoms with E-state index < -0.39 is 254 Å². The number of rotatable bonds is 55. The number of aromatic amines is 1. The molecule has 5 heterocycles. The highest BCUT2D eigenvalue weighted by Gasteiger charge is 2.46. The van der Waals surface area contributed by atoms with E-state index >= 15 is 9.00 Å². The van der Waals surface area contributed by atoms with Crippen molar-refractivity contribution in [2.75, 3.05) is 165 Å². The molecule has 3 aromatic carbocycles. The number of nitrogens with zero attached hydrogens (tertiary/aromatic N) is 5. The molecule has 2 aromatic heterocycles. The number of halogens is 2. The third-order valence-corrected chi connectivity index (χ3v) is 27.1. The van der Waals surface area contributed by atoms with E-state index in [0.29, 0.717) is 90.9 Å². The van der Waals surface area contributed by atoms with Crippen molar-refractivity contribution in [1.82, 2.24) is 66.9 Å². The summed E-state index contributed by atoms with van der Waals surface area (Å²) in [7, 11) is 0.389. The van der Waals surface area contributed by atoms with Crippen LogP contribution in [0.25, 0.3) is 21.9 Å². The Bertz CT molecular complexity index is 5330. The molecule has 49 heteroatoms. The van der Waals surface area contributed by atoms with Crippen LogP contribution >= 0.6 is 31.9 Å². The van der Waals surface area contributed by atoms with E-state index in [4.69, 9.17) is 58.8 Å². The lowest BCUT2D eigenvalue weighted by molar-refractivity contribution is -0.145. The van der Waals surface area contributed by atoms with Crippen molar-refractivity contribution >= 4 is 165 Å². The minimum Gasteiger partial charge on any atom is -0.445 e. The minimum absolute atomic E-state index is 0.0102. The Morgan fingerprint density at radius 1 is 0.637 bits per heavy atom. The number of hydrogen-bond acceptors (Lipinski definition) is 33. The number of benzene rings is 3. The lowest BCUT2D eigenvalue weighted by Gasteiger charge is -2.32. The van der Waals surface area contributed by atoms with E-state index in [9.17, 15) is 92.0 Å². The molecule has 0 aliphatic carbocycles. The van der Waals surface area contributed by atoms with E-state index in [0.717, 1.165) is 21.2 Å². The van der Waals surface area contributed by atoms with Crippen LogP contribution in [0.1, 0.15) is 137 Å². The van der Waals surface area contributed by atoms with Gasteiger partial charge in [-0.3, -0.25) is 76.1 Å². The number of H-pyrrole nitrogens is 1. The molecule has 0 spiro atoms. The average Bonchev–Trinajstić information content (AvgIpc) is 1.63. The summed E-state index contributed by atoms with van der Waals surface area (Å²) in [6.45, 7) is 7.22. The first-order valence-electron chi connectivity index (χ1n) is 48.3. The number of likely N-dealkylation sites (N-methyl/N-ethyl adjacent to an activating group) is 1. The van der Waals surface area contributed by atoms with Gasteiger partial charge in [-0.05, 0) is 72.7 Å². The summed E-state index contributed by atoms with van der Waals surface area (Å²) in [5.41, 5.74) is 15.5. The molecule has 804 valence electrons. The highest BCUT2D eigenvalue weighted by Crippen LogP contribution is 2.34. The van der Waals surface area contributed by atoms with Gasteiger partial charge in [0.15, 0.2) is 28.9 Å². The zero-order valence-electron chi connectivity index (χ0n) is 83.0. The Balaban J connectivity index is 0.964. The average molecular weight is 2200 g/mol. The van der Waals surface area contributed by atoms with E-state index in [-0.39, 0.29) is 144 Å². The van der Waals surface area contributed by atoms with Gasteiger partial charge in [0.1, 0.15) is 29.5 Å². The quantitative estimate of drug-likeness (QED) is 0.0145. The zero-order valence-corrected chi connectivity index (χ0v) is 87.0. The summed E-state index contributed by atoms with van der Waals surface area (Å²) in [4.78, 5) is 252. The number of ketones is 5. The molecule has 12 amide bonds. The number of nitrogens with two attached hydrogens (primary N) is 2. The first-order valence-corrected chi connectivity index (χ1v) is 51.8. The van der Waals surface area contributed by atoms with Crippen LogP contribution in [0.4, 0.5) is 9.59 Å². The fourth-order valence-corrected chi connectivity index (χ4v) is 18.3. The van der Waals surface area contributed by atoms with Gasteiger partial charge in [0, 0.05) is 144 Å². The van der Waals surface area contributed by atoms with E-state index in [2.05, 4.69) is 84.0 Å². The van der Waals surface area contributed by atoms with Gasteiger partial charge < -0.3 is 131 Å². The predicted octanol–water partition coefficient (Wildman–Crippen LogP) is 0.745. The summed E-state index contributed by atoms with van der Waals surface area (Å²) in [5.74, 6) is -19.6. The Labute approximate surface area is 863 Å². The topological polar surface area (TPSA) is 648 Å². The van der Waals surface area contributed by atoms with Gasteiger partial charge in [-0.2, -0.15) is 0 Å². The molecule has 0 radical (unpaired) electrons. The largest absolute Gasteiger partial charge is 0.445 e. The molecule has 1 fully saturated rings. The number of amides is 12. The maximum atomic E-state index is 15.5. The lowest BCUT2D eigenvalue weighted by atomic mass is 9.85. The van der Waals surface area contributed by atoms with Crippen molar-refractivity contribution in [3.05, 3.63) is 94.3 Å². The molecule has 0 saturated carbocycles. The van der Waals surface area contributed by atoms with Crippen molar-refractivity contribution in [1.29, 1.82) is 0 Å². The van der Waals surface area contributed by atoms with E-state index in [1.807, 2.05) is 0 Å². The lowest BCUT2D eigenvalue weighted by Crippen LogP contribution is -2.56. The SMILES string of the molecule is CC[C@H](C)[C@@H]1NC(=O)CNC(=O)[C@@H]2CC(=O)[C@H]([C@@H](C)[C@@H](O)CO)NC(=O)[C@@H]3C[C@@H](O)CN3C(=O)[C@H](CC(N)=O)CC(=O)[C@H](CS(=O)c3[nH]c4cc(OC(=O)N(C)CCN(CCOCCOCCOCCCC(=O)c5ccc6nc(CBr)c(CBr)nc6c5)C(=O)OCc5ccc(CC(=O)[C@H](CC(N)=O)NC(=O)[C@H](C)CC(=O)[C@H](C)NC(=O)CCOCCOCCOCCOCCOC)cc5)ccc4c3C2)NC(=O)CNC1=O. The van der Waals surface area contributed by atoms with Gasteiger partial charge in [-0.1, -0.05) is 90.2 Å². The second kappa shape index (κ2) is 62.2. The molecule has 3 aliphatic rings. The normalized spacial score (nSPS) is 19.6. The van der Waals surface area contributed by atoms with Crippen molar-refractivity contribution in [2.24, 2.45) is 41.1 Å². The van der Waals surface area contributed by atoms with Crippen LogP contribution in [0, 0.1) is 29.6 Å². The number of hydrogen-bond donors (Lipinski definition) is 13. The van der Waals surface area contributed by atoms with Crippen molar-refractivity contribution in [3.8, 4) is 5.75 Å². The third-order valence-electron chi connectivity index (χ3n) is 24.6. The van der Waals surface area contributed by atoms with E-state index in [1.165, 1.54) is 50.9 Å². The number of carbonyl (C=O) groups is 17. The van der Waals surface area contributed by atoms with Crippen molar-refractivity contribution in [2.45, 2.75) is 182 Å². The smallest absolute Gasteiger partial charge is 0.415 e. The van der Waals surface area contributed by atoms with Crippen LogP contribution in [0.3, 0.4) is 0 Å². The Morgan fingerprint density at radius 2 is 1.25 bits per heavy atom. The number of nitrogens with one attached hydrogen (secondary N) is 8. The molecule has 5 aromatic rings. The molecule has 146 heavy (non-hydrogen) atoms. The number of fused-ring (bicyclic) bond motifs is 6.